The summed E-state index contributed by atoms with van der Waals surface area (Å²) in [6.07, 6.45) is 2.53. The number of fused-ring (bicyclic) bond motifs is 3. The average Bonchev–Trinajstić information content (AvgIpc) is 3.29. The Hall–Kier alpha value is -3.07. The van der Waals surface area contributed by atoms with Crippen molar-refractivity contribution in [3.63, 3.8) is 0 Å². The van der Waals surface area contributed by atoms with Crippen molar-refractivity contribution in [2.75, 3.05) is 51.2 Å². The van der Waals surface area contributed by atoms with E-state index in [0.29, 0.717) is 0 Å². The molecule has 9 heteroatoms. The molecule has 0 radical (unpaired) electrons. The summed E-state index contributed by atoms with van der Waals surface area (Å²) in [5.41, 5.74) is 2.38. The van der Waals surface area contributed by atoms with Gasteiger partial charge < -0.3 is 19.6 Å². The molecule has 164 valence electrons. The van der Waals surface area contributed by atoms with Gasteiger partial charge in [-0.05, 0) is 32.0 Å². The zero-order valence-corrected chi connectivity index (χ0v) is 18.1. The van der Waals surface area contributed by atoms with Gasteiger partial charge in [-0.2, -0.15) is 0 Å². The van der Waals surface area contributed by atoms with Crippen LogP contribution in [0.5, 0.6) is 0 Å². The van der Waals surface area contributed by atoms with E-state index in [1.807, 2.05) is 18.0 Å². The maximum Gasteiger partial charge on any atom is 0.325 e. The minimum Gasteiger partial charge on any atom is -0.369 e. The standard InChI is InChI=1S/C22H29N7O2/c1-16-15-29-18-19(25(2)22(31)24-20(18)30)23-21(29)28(16)10-6-9-26-11-13-27(14-12-26)17-7-4-3-5-8-17/h3-5,7-8,15,18-19H,6,9-14H2,1-2H3,(H,24,30,31). The van der Waals surface area contributed by atoms with Crippen LogP contribution in [-0.2, 0) is 4.79 Å². The van der Waals surface area contributed by atoms with E-state index in [9.17, 15) is 9.59 Å². The molecule has 31 heavy (non-hydrogen) atoms. The van der Waals surface area contributed by atoms with Crippen molar-refractivity contribution in [1.29, 1.82) is 0 Å². The highest BCUT2D eigenvalue weighted by atomic mass is 16.2. The number of carbonyl (C=O) groups is 2. The van der Waals surface area contributed by atoms with Crippen LogP contribution >= 0.6 is 0 Å². The molecule has 3 amide bonds. The fourth-order valence-corrected chi connectivity index (χ4v) is 4.84. The number of urea groups is 1. The second kappa shape index (κ2) is 7.88. The number of piperazine rings is 1. The van der Waals surface area contributed by atoms with E-state index in [4.69, 9.17) is 4.99 Å². The van der Waals surface area contributed by atoms with Crippen LogP contribution in [0.4, 0.5) is 10.5 Å². The molecular weight excluding hydrogens is 394 g/mol. The first-order valence-corrected chi connectivity index (χ1v) is 10.9. The van der Waals surface area contributed by atoms with E-state index in [1.54, 1.807) is 7.05 Å². The number of hydrogen-bond acceptors (Lipinski definition) is 7. The molecule has 4 aliphatic heterocycles. The van der Waals surface area contributed by atoms with Crippen molar-refractivity contribution in [2.45, 2.75) is 25.6 Å². The highest BCUT2D eigenvalue weighted by molar-refractivity contribution is 6.04. The third-order valence-electron chi connectivity index (χ3n) is 6.62. The van der Waals surface area contributed by atoms with Crippen molar-refractivity contribution >= 4 is 23.6 Å². The number of anilines is 1. The lowest BCUT2D eigenvalue weighted by Crippen LogP contribution is -2.62. The number of nitrogens with zero attached hydrogens (tertiary/aromatic N) is 6. The predicted molar refractivity (Wildman–Crippen MR) is 118 cm³/mol. The second-order valence-corrected chi connectivity index (χ2v) is 8.54. The molecule has 2 fully saturated rings. The number of hydrogen-bond donors (Lipinski definition) is 1. The number of imide groups is 1. The molecule has 0 spiro atoms. The van der Waals surface area contributed by atoms with Gasteiger partial charge in [0.25, 0.3) is 5.91 Å². The van der Waals surface area contributed by atoms with Crippen molar-refractivity contribution in [3.8, 4) is 0 Å². The molecule has 1 aromatic rings. The number of aliphatic imine (C=N–C) groups is 1. The van der Waals surface area contributed by atoms with E-state index in [0.717, 1.165) is 57.3 Å². The van der Waals surface area contributed by atoms with Crippen LogP contribution in [0.25, 0.3) is 0 Å². The average molecular weight is 424 g/mol. The molecule has 4 aliphatic rings. The number of carbonyl (C=O) groups excluding carboxylic acids is 2. The van der Waals surface area contributed by atoms with Crippen LogP contribution in [-0.4, -0.2) is 96.0 Å². The molecule has 0 bridgehead atoms. The number of amides is 3. The van der Waals surface area contributed by atoms with Gasteiger partial charge in [-0.15, -0.1) is 0 Å². The summed E-state index contributed by atoms with van der Waals surface area (Å²) in [5, 5.41) is 2.42. The normalized spacial score (nSPS) is 26.0. The second-order valence-electron chi connectivity index (χ2n) is 8.54. The molecule has 1 aromatic carbocycles. The lowest BCUT2D eigenvalue weighted by atomic mass is 10.1. The highest BCUT2D eigenvalue weighted by Crippen LogP contribution is 2.31. The van der Waals surface area contributed by atoms with E-state index in [1.165, 1.54) is 10.6 Å². The Kier molecular flexibility index (Phi) is 5.05. The molecule has 2 unspecified atom stereocenters. The molecule has 2 saturated heterocycles. The maximum absolute atomic E-state index is 12.4. The summed E-state index contributed by atoms with van der Waals surface area (Å²) in [4.78, 5) is 39.6. The molecule has 0 aromatic heterocycles. The van der Waals surface area contributed by atoms with Gasteiger partial charge in [0, 0.05) is 57.4 Å². The van der Waals surface area contributed by atoms with Crippen molar-refractivity contribution in [3.05, 3.63) is 42.2 Å². The SMILES string of the molecule is CC1=CN2C(=NC3C2C(=O)NC(=O)N3C)N1CCCN1CCN(c2ccccc2)CC1. The number of allylic oxidation sites excluding steroid dienone is 1. The molecule has 2 atom stereocenters. The van der Waals surface area contributed by atoms with Gasteiger partial charge in [0.1, 0.15) is 0 Å². The van der Waals surface area contributed by atoms with Crippen molar-refractivity contribution in [2.24, 2.45) is 4.99 Å². The molecule has 0 saturated carbocycles. The van der Waals surface area contributed by atoms with Crippen LogP contribution in [0.1, 0.15) is 13.3 Å². The smallest absolute Gasteiger partial charge is 0.325 e. The molecule has 0 aliphatic carbocycles. The first-order chi connectivity index (χ1) is 15.0. The van der Waals surface area contributed by atoms with Crippen molar-refractivity contribution in [1.82, 2.24) is 24.9 Å². The number of nitrogens with one attached hydrogen (secondary N) is 1. The summed E-state index contributed by atoms with van der Waals surface area (Å²) >= 11 is 0. The van der Waals surface area contributed by atoms with E-state index < -0.39 is 18.2 Å². The monoisotopic (exact) mass is 423 g/mol. The predicted octanol–water partition coefficient (Wildman–Crippen LogP) is 0.924. The number of benzene rings is 1. The topological polar surface area (TPSA) is 74.7 Å². The Bertz CT molecular complexity index is 923. The zero-order chi connectivity index (χ0) is 21.5. The lowest BCUT2D eigenvalue weighted by Gasteiger charge is -2.36. The van der Waals surface area contributed by atoms with Crippen LogP contribution in [0.3, 0.4) is 0 Å². The first kappa shape index (κ1) is 19.9. The third-order valence-corrected chi connectivity index (χ3v) is 6.62. The minimum absolute atomic E-state index is 0.283. The van der Waals surface area contributed by atoms with Gasteiger partial charge in [-0.3, -0.25) is 15.0 Å². The molecule has 5 rings (SSSR count). The third kappa shape index (κ3) is 3.52. The number of rotatable bonds is 5. The largest absolute Gasteiger partial charge is 0.369 e. The summed E-state index contributed by atoms with van der Waals surface area (Å²) in [6, 6.07) is 9.72. The summed E-state index contributed by atoms with van der Waals surface area (Å²) in [6.45, 7) is 8.14. The lowest BCUT2D eigenvalue weighted by molar-refractivity contribution is -0.126. The number of likely N-dealkylation sites (N-methyl/N-ethyl adjacent to an activating group) is 1. The van der Waals surface area contributed by atoms with Crippen LogP contribution in [0.15, 0.2) is 47.2 Å². The van der Waals surface area contributed by atoms with Gasteiger partial charge >= 0.3 is 6.03 Å². The molecule has 9 nitrogen and oxygen atoms in total. The van der Waals surface area contributed by atoms with Crippen LogP contribution < -0.4 is 10.2 Å². The summed E-state index contributed by atoms with van der Waals surface area (Å²) < 4.78 is 0. The Morgan fingerprint density at radius 2 is 1.81 bits per heavy atom. The van der Waals surface area contributed by atoms with Gasteiger partial charge in [0.15, 0.2) is 12.2 Å². The van der Waals surface area contributed by atoms with Gasteiger partial charge in [0.2, 0.25) is 5.96 Å². The van der Waals surface area contributed by atoms with Gasteiger partial charge in [0.05, 0.1) is 0 Å². The van der Waals surface area contributed by atoms with E-state index in [-0.39, 0.29) is 5.91 Å². The quantitative estimate of drug-likeness (QED) is 0.759. The Balaban J connectivity index is 1.15. The summed E-state index contributed by atoms with van der Waals surface area (Å²) in [7, 11) is 1.68. The Morgan fingerprint density at radius 1 is 1.06 bits per heavy atom. The number of para-hydroxylation sites is 1. The van der Waals surface area contributed by atoms with Gasteiger partial charge in [-0.1, -0.05) is 18.2 Å². The Labute approximate surface area is 182 Å². The zero-order valence-electron chi connectivity index (χ0n) is 18.1. The fourth-order valence-electron chi connectivity index (χ4n) is 4.84. The molecular formula is C22H29N7O2. The maximum atomic E-state index is 12.4. The van der Waals surface area contributed by atoms with Crippen LogP contribution in [0, 0.1) is 0 Å². The van der Waals surface area contributed by atoms with Gasteiger partial charge in [-0.25, -0.2) is 9.79 Å². The summed E-state index contributed by atoms with van der Waals surface area (Å²) in [5.74, 6) is 0.493. The fraction of sp³-hybridized carbons (Fsp3) is 0.500. The van der Waals surface area contributed by atoms with E-state index >= 15 is 0 Å². The number of guanidine groups is 1. The minimum atomic E-state index is -0.483. The first-order valence-electron chi connectivity index (χ1n) is 10.9. The van der Waals surface area contributed by atoms with E-state index in [2.05, 4.69) is 50.3 Å². The molecule has 4 heterocycles. The highest BCUT2D eigenvalue weighted by Gasteiger charge is 2.51. The Morgan fingerprint density at radius 3 is 2.55 bits per heavy atom. The molecule has 1 N–H and O–H groups in total. The van der Waals surface area contributed by atoms with Crippen molar-refractivity contribution < 1.29 is 9.59 Å². The van der Waals surface area contributed by atoms with Crippen LogP contribution in [0.2, 0.25) is 0 Å².